The van der Waals surface area contributed by atoms with Crippen molar-refractivity contribution in [3.05, 3.63) is 59.2 Å². The van der Waals surface area contributed by atoms with Gasteiger partial charge in [-0.2, -0.15) is 0 Å². The lowest BCUT2D eigenvalue weighted by Gasteiger charge is -2.13. The number of hydrazine groups is 1. The number of carbonyl (C=O) groups is 2. The highest BCUT2D eigenvalue weighted by atomic mass is 19.3. The number of para-hydroxylation sites is 1. The molecule has 7 heteroatoms. The molecule has 2 aromatic carbocycles. The Morgan fingerprint density at radius 3 is 2.61 bits per heavy atom. The molecule has 120 valence electrons. The second kappa shape index (κ2) is 7.26. The van der Waals surface area contributed by atoms with E-state index in [9.17, 15) is 14.1 Å². The average Bonchev–Trinajstić information content (AvgIpc) is 2.59. The molecule has 0 spiro atoms. The van der Waals surface area contributed by atoms with Crippen LogP contribution in [0.2, 0.25) is 0 Å². The molecule has 0 saturated heterocycles. The summed E-state index contributed by atoms with van der Waals surface area (Å²) in [5, 5.41) is 0. The largest absolute Gasteiger partial charge is 0.398 e. The Bertz CT molecular complexity index is 734. The molecule has 0 heterocycles. The van der Waals surface area contributed by atoms with Crippen molar-refractivity contribution in [3.8, 4) is 0 Å². The molecule has 4 N–H and O–H groups in total. The highest BCUT2D eigenvalue weighted by molar-refractivity contribution is 5.99. The Morgan fingerprint density at radius 2 is 1.96 bits per heavy atom. The van der Waals surface area contributed by atoms with Gasteiger partial charge in [0.1, 0.15) is 0 Å². The zero-order chi connectivity index (χ0) is 16.8. The zero-order valence-electron chi connectivity index (χ0n) is 12.4. The fourth-order valence-corrected chi connectivity index (χ4v) is 2.07. The van der Waals surface area contributed by atoms with Crippen LogP contribution in [-0.4, -0.2) is 11.9 Å². The first-order valence-corrected chi connectivity index (χ1v) is 6.93. The molecule has 0 atom stereocenters. The Morgan fingerprint density at radius 1 is 1.22 bits per heavy atom. The number of amides is 1. The number of aryl methyl sites for hydroxylation is 1. The number of hydrogen-bond donors (Lipinski definition) is 3. The molecule has 0 radical (unpaired) electrons. The van der Waals surface area contributed by atoms with Crippen molar-refractivity contribution < 1.29 is 19.1 Å². The molecular weight excluding hydrogens is 301 g/mol. The molecule has 0 aliphatic carbocycles. The van der Waals surface area contributed by atoms with Gasteiger partial charge in [-0.05, 0) is 42.3 Å². The molecule has 0 aliphatic heterocycles. The smallest absolute Gasteiger partial charge is 0.379 e. The lowest BCUT2D eigenvalue weighted by Crippen LogP contribution is -2.30. The minimum absolute atomic E-state index is 0.0912. The SMILES string of the molecule is CCc1cc(C(=O)OF)ccc1NNC(=O)c1ccccc1N. The van der Waals surface area contributed by atoms with Gasteiger partial charge in [0.2, 0.25) is 0 Å². The molecule has 0 bridgehead atoms. The van der Waals surface area contributed by atoms with Gasteiger partial charge in [-0.25, -0.2) is 9.74 Å². The molecule has 2 aromatic rings. The quantitative estimate of drug-likeness (QED) is 0.582. The lowest BCUT2D eigenvalue weighted by atomic mass is 10.1. The summed E-state index contributed by atoms with van der Waals surface area (Å²) in [5.41, 5.74) is 13.2. The van der Waals surface area contributed by atoms with Gasteiger partial charge in [0, 0.05) is 10.2 Å². The topological polar surface area (TPSA) is 93.5 Å². The van der Waals surface area contributed by atoms with E-state index < -0.39 is 11.9 Å². The summed E-state index contributed by atoms with van der Waals surface area (Å²) >= 11 is 0. The van der Waals surface area contributed by atoms with E-state index in [1.54, 1.807) is 30.3 Å². The van der Waals surface area contributed by atoms with Gasteiger partial charge >= 0.3 is 5.97 Å². The molecular formula is C16H16FN3O3. The van der Waals surface area contributed by atoms with Crippen LogP contribution in [0.3, 0.4) is 0 Å². The fraction of sp³-hybridized carbons (Fsp3) is 0.125. The third kappa shape index (κ3) is 3.76. The molecule has 0 aromatic heterocycles. The van der Waals surface area contributed by atoms with Crippen LogP contribution in [0.25, 0.3) is 0 Å². The summed E-state index contributed by atoms with van der Waals surface area (Å²) in [6.07, 6.45) is 0.569. The summed E-state index contributed by atoms with van der Waals surface area (Å²) in [5.74, 6) is -1.45. The Hall–Kier alpha value is -3.09. The van der Waals surface area contributed by atoms with Gasteiger partial charge < -0.3 is 5.73 Å². The Kier molecular flexibility index (Phi) is 5.14. The van der Waals surface area contributed by atoms with Crippen molar-refractivity contribution >= 4 is 23.3 Å². The minimum atomic E-state index is -1.06. The number of rotatable bonds is 5. The summed E-state index contributed by atoms with van der Waals surface area (Å²) in [4.78, 5) is 26.5. The summed E-state index contributed by atoms with van der Waals surface area (Å²) in [6, 6.07) is 11.1. The molecule has 0 saturated carbocycles. The van der Waals surface area contributed by atoms with E-state index in [-0.39, 0.29) is 5.56 Å². The number of halogens is 1. The van der Waals surface area contributed by atoms with Gasteiger partial charge in [0.05, 0.1) is 16.8 Å². The van der Waals surface area contributed by atoms with Gasteiger partial charge in [0.25, 0.3) is 5.91 Å². The van der Waals surface area contributed by atoms with Crippen LogP contribution in [0.4, 0.5) is 15.9 Å². The number of benzene rings is 2. The molecule has 23 heavy (non-hydrogen) atoms. The number of carbonyl (C=O) groups excluding carboxylic acids is 2. The number of anilines is 2. The fourth-order valence-electron chi connectivity index (χ4n) is 2.07. The van der Waals surface area contributed by atoms with E-state index in [1.165, 1.54) is 12.1 Å². The summed E-state index contributed by atoms with van der Waals surface area (Å²) in [6.45, 7) is 1.86. The predicted molar refractivity (Wildman–Crippen MR) is 84.3 cm³/mol. The van der Waals surface area contributed by atoms with Crippen LogP contribution in [0.1, 0.15) is 33.2 Å². The average molecular weight is 317 g/mol. The van der Waals surface area contributed by atoms with Gasteiger partial charge in [-0.3, -0.25) is 15.6 Å². The standard InChI is InChI=1S/C16H16FN3O3/c1-2-10-9-11(16(22)23-17)7-8-14(10)19-20-15(21)12-5-3-4-6-13(12)18/h3-9,19H,2,18H2,1H3,(H,20,21). The second-order valence-electron chi connectivity index (χ2n) is 4.76. The molecule has 6 nitrogen and oxygen atoms in total. The second-order valence-corrected chi connectivity index (χ2v) is 4.76. The zero-order valence-corrected chi connectivity index (χ0v) is 12.4. The maximum atomic E-state index is 12.1. The van der Waals surface area contributed by atoms with E-state index in [2.05, 4.69) is 15.8 Å². The number of hydrogen-bond acceptors (Lipinski definition) is 5. The van der Waals surface area contributed by atoms with Gasteiger partial charge in [0.15, 0.2) is 0 Å². The van der Waals surface area contributed by atoms with Gasteiger partial charge in [-0.15, -0.1) is 0 Å². The molecule has 0 aliphatic rings. The van der Waals surface area contributed by atoms with Crippen LogP contribution in [0.5, 0.6) is 0 Å². The number of nitrogens with one attached hydrogen (secondary N) is 2. The molecule has 2 rings (SSSR count). The summed E-state index contributed by atoms with van der Waals surface area (Å²) < 4.78 is 12.0. The first kappa shape index (κ1) is 16.3. The third-order valence-corrected chi connectivity index (χ3v) is 3.31. The van der Waals surface area contributed by atoms with E-state index >= 15 is 0 Å². The highest BCUT2D eigenvalue weighted by Gasteiger charge is 2.12. The van der Waals surface area contributed by atoms with Crippen molar-refractivity contribution in [2.75, 3.05) is 11.2 Å². The lowest BCUT2D eigenvalue weighted by molar-refractivity contribution is -0.0788. The predicted octanol–water partition coefficient (Wildman–Crippen LogP) is 2.63. The van der Waals surface area contributed by atoms with Crippen LogP contribution >= 0.6 is 0 Å². The van der Waals surface area contributed by atoms with Crippen molar-refractivity contribution in [1.82, 2.24) is 5.43 Å². The maximum absolute atomic E-state index is 12.1. The Labute approximate surface area is 132 Å². The van der Waals surface area contributed by atoms with E-state index in [1.807, 2.05) is 6.92 Å². The van der Waals surface area contributed by atoms with Crippen LogP contribution in [0.15, 0.2) is 42.5 Å². The van der Waals surface area contributed by atoms with Crippen LogP contribution < -0.4 is 16.6 Å². The molecule has 1 amide bonds. The van der Waals surface area contributed by atoms with Gasteiger partial charge in [-0.1, -0.05) is 19.1 Å². The van der Waals surface area contributed by atoms with E-state index in [0.29, 0.717) is 28.9 Å². The molecule has 0 fully saturated rings. The number of nitrogens with two attached hydrogens (primary N) is 1. The summed E-state index contributed by atoms with van der Waals surface area (Å²) in [7, 11) is 0. The van der Waals surface area contributed by atoms with Crippen molar-refractivity contribution in [2.24, 2.45) is 0 Å². The number of nitrogen functional groups attached to an aromatic ring is 1. The van der Waals surface area contributed by atoms with Crippen molar-refractivity contribution in [1.29, 1.82) is 0 Å². The van der Waals surface area contributed by atoms with Crippen LogP contribution in [0, 0.1) is 0 Å². The van der Waals surface area contributed by atoms with E-state index in [4.69, 9.17) is 5.73 Å². The van der Waals surface area contributed by atoms with Crippen molar-refractivity contribution in [3.63, 3.8) is 0 Å². The third-order valence-electron chi connectivity index (χ3n) is 3.31. The van der Waals surface area contributed by atoms with Crippen LogP contribution in [-0.2, 0) is 11.4 Å². The Balaban J connectivity index is 2.13. The monoisotopic (exact) mass is 317 g/mol. The van der Waals surface area contributed by atoms with Crippen molar-refractivity contribution in [2.45, 2.75) is 13.3 Å². The molecule has 0 unspecified atom stereocenters. The highest BCUT2D eigenvalue weighted by Crippen LogP contribution is 2.19. The first-order valence-electron chi connectivity index (χ1n) is 6.93. The maximum Gasteiger partial charge on any atom is 0.379 e. The first-order chi connectivity index (χ1) is 11.1. The normalized spacial score (nSPS) is 10.0. The van der Waals surface area contributed by atoms with E-state index in [0.717, 1.165) is 0 Å². The minimum Gasteiger partial charge on any atom is -0.398 e.